The summed E-state index contributed by atoms with van der Waals surface area (Å²) in [5, 5.41) is 0.421. The van der Waals surface area contributed by atoms with Gasteiger partial charge in [-0.15, -0.1) is 0 Å². The van der Waals surface area contributed by atoms with E-state index in [0.717, 1.165) is 17.7 Å². The number of ether oxygens (including phenoxy) is 1. The average molecular weight is 281 g/mol. The van der Waals surface area contributed by atoms with Gasteiger partial charge in [-0.3, -0.25) is 0 Å². The number of methoxy groups -OCH3 is 1. The summed E-state index contributed by atoms with van der Waals surface area (Å²) in [5.74, 6) is 0.224. The van der Waals surface area contributed by atoms with E-state index in [1.165, 1.54) is 13.2 Å². The standard InChI is InChI=1S/C14H14ClFN2O/c1-4-11-8(2)13(15)18-14(17-11)9-5-6-10(16)12(7-9)19-3/h5-7H,4H2,1-3H3. The molecule has 0 radical (unpaired) electrons. The quantitative estimate of drug-likeness (QED) is 0.802. The molecule has 0 unspecified atom stereocenters. The molecule has 19 heavy (non-hydrogen) atoms. The van der Waals surface area contributed by atoms with Gasteiger partial charge < -0.3 is 4.74 Å². The highest BCUT2D eigenvalue weighted by molar-refractivity contribution is 6.30. The van der Waals surface area contributed by atoms with Gasteiger partial charge in [0.2, 0.25) is 0 Å². The lowest BCUT2D eigenvalue weighted by molar-refractivity contribution is 0.386. The molecule has 0 N–H and O–H groups in total. The minimum absolute atomic E-state index is 0.163. The SMILES string of the molecule is CCc1nc(-c2ccc(F)c(OC)c2)nc(Cl)c1C. The molecule has 0 saturated carbocycles. The van der Waals surface area contributed by atoms with Gasteiger partial charge in [0, 0.05) is 16.8 Å². The first-order valence-corrected chi connectivity index (χ1v) is 6.31. The first-order chi connectivity index (χ1) is 9.06. The molecular formula is C14H14ClFN2O. The van der Waals surface area contributed by atoms with E-state index >= 15 is 0 Å². The van der Waals surface area contributed by atoms with Gasteiger partial charge in [-0.2, -0.15) is 0 Å². The Labute approximate surface area is 116 Å². The summed E-state index contributed by atoms with van der Waals surface area (Å²) in [5.41, 5.74) is 2.44. The lowest BCUT2D eigenvalue weighted by atomic mass is 10.1. The lowest BCUT2D eigenvalue weighted by Crippen LogP contribution is -2.00. The van der Waals surface area contributed by atoms with Gasteiger partial charge in [0.25, 0.3) is 0 Å². The Balaban J connectivity index is 2.55. The Morgan fingerprint density at radius 2 is 2.05 bits per heavy atom. The van der Waals surface area contributed by atoms with Crippen molar-refractivity contribution in [1.82, 2.24) is 9.97 Å². The van der Waals surface area contributed by atoms with E-state index in [2.05, 4.69) is 9.97 Å². The monoisotopic (exact) mass is 280 g/mol. The second kappa shape index (κ2) is 5.53. The maximum absolute atomic E-state index is 13.4. The summed E-state index contributed by atoms with van der Waals surface area (Å²) < 4.78 is 18.3. The summed E-state index contributed by atoms with van der Waals surface area (Å²) >= 11 is 6.10. The Hall–Kier alpha value is -1.68. The summed E-state index contributed by atoms with van der Waals surface area (Å²) in [6.07, 6.45) is 0.763. The Kier molecular flexibility index (Phi) is 4.00. The van der Waals surface area contributed by atoms with Crippen molar-refractivity contribution < 1.29 is 9.13 Å². The number of aryl methyl sites for hydroxylation is 1. The van der Waals surface area contributed by atoms with Crippen molar-refractivity contribution in [1.29, 1.82) is 0 Å². The zero-order chi connectivity index (χ0) is 14.0. The summed E-state index contributed by atoms with van der Waals surface area (Å²) in [4.78, 5) is 8.69. The zero-order valence-electron chi connectivity index (χ0n) is 11.0. The Morgan fingerprint density at radius 3 is 2.68 bits per heavy atom. The van der Waals surface area contributed by atoms with Gasteiger partial charge in [0.15, 0.2) is 17.4 Å². The molecule has 1 aromatic heterocycles. The Bertz CT molecular complexity index is 617. The Morgan fingerprint density at radius 1 is 1.32 bits per heavy atom. The molecule has 0 atom stereocenters. The van der Waals surface area contributed by atoms with E-state index in [9.17, 15) is 4.39 Å². The first kappa shape index (κ1) is 13.7. The van der Waals surface area contributed by atoms with Crippen molar-refractivity contribution in [2.24, 2.45) is 0 Å². The summed E-state index contributed by atoms with van der Waals surface area (Å²) in [6, 6.07) is 4.50. The molecule has 1 heterocycles. The van der Waals surface area contributed by atoms with E-state index in [1.807, 2.05) is 13.8 Å². The van der Waals surface area contributed by atoms with Gasteiger partial charge in [-0.1, -0.05) is 18.5 Å². The number of benzene rings is 1. The van der Waals surface area contributed by atoms with Crippen LogP contribution in [0, 0.1) is 12.7 Å². The van der Waals surface area contributed by atoms with Gasteiger partial charge in [0.1, 0.15) is 5.15 Å². The second-order valence-electron chi connectivity index (χ2n) is 4.11. The third kappa shape index (κ3) is 2.68. The van der Waals surface area contributed by atoms with Crippen LogP contribution in [-0.2, 0) is 6.42 Å². The molecule has 2 aromatic rings. The highest BCUT2D eigenvalue weighted by Gasteiger charge is 2.12. The summed E-state index contributed by atoms with van der Waals surface area (Å²) in [6.45, 7) is 3.89. The van der Waals surface area contributed by atoms with E-state index < -0.39 is 5.82 Å². The first-order valence-electron chi connectivity index (χ1n) is 5.93. The van der Waals surface area contributed by atoms with Gasteiger partial charge in [-0.25, -0.2) is 14.4 Å². The van der Waals surface area contributed by atoms with E-state index in [-0.39, 0.29) is 5.75 Å². The van der Waals surface area contributed by atoms with Crippen molar-refractivity contribution in [3.8, 4) is 17.1 Å². The molecule has 0 saturated heterocycles. The predicted molar refractivity (Wildman–Crippen MR) is 73.1 cm³/mol. The van der Waals surface area contributed by atoms with Crippen molar-refractivity contribution in [3.05, 3.63) is 40.4 Å². The number of hydrogen-bond acceptors (Lipinski definition) is 3. The minimum atomic E-state index is -0.417. The fraction of sp³-hybridized carbons (Fsp3) is 0.286. The minimum Gasteiger partial charge on any atom is -0.494 e. The number of aromatic nitrogens is 2. The van der Waals surface area contributed by atoms with Gasteiger partial charge >= 0.3 is 0 Å². The molecule has 100 valence electrons. The molecule has 0 aliphatic heterocycles. The number of hydrogen-bond donors (Lipinski definition) is 0. The zero-order valence-corrected chi connectivity index (χ0v) is 11.8. The lowest BCUT2D eigenvalue weighted by Gasteiger charge is -2.09. The highest BCUT2D eigenvalue weighted by Crippen LogP contribution is 2.26. The van der Waals surface area contributed by atoms with Crippen LogP contribution in [-0.4, -0.2) is 17.1 Å². The van der Waals surface area contributed by atoms with Crippen molar-refractivity contribution in [2.45, 2.75) is 20.3 Å². The van der Waals surface area contributed by atoms with Crippen molar-refractivity contribution in [3.63, 3.8) is 0 Å². The summed E-state index contributed by atoms with van der Waals surface area (Å²) in [7, 11) is 1.42. The molecule has 0 aliphatic rings. The average Bonchev–Trinajstić information content (AvgIpc) is 2.42. The van der Waals surface area contributed by atoms with Crippen LogP contribution >= 0.6 is 11.6 Å². The maximum atomic E-state index is 13.4. The van der Waals surface area contributed by atoms with Crippen LogP contribution in [0.1, 0.15) is 18.2 Å². The van der Waals surface area contributed by atoms with Crippen LogP contribution in [0.2, 0.25) is 5.15 Å². The topological polar surface area (TPSA) is 35.0 Å². The molecule has 2 rings (SSSR count). The van der Waals surface area contributed by atoms with Gasteiger partial charge in [0.05, 0.1) is 7.11 Å². The van der Waals surface area contributed by atoms with E-state index in [1.54, 1.807) is 12.1 Å². The van der Waals surface area contributed by atoms with Crippen molar-refractivity contribution >= 4 is 11.6 Å². The molecule has 0 bridgehead atoms. The molecule has 0 amide bonds. The van der Waals surface area contributed by atoms with Crippen LogP contribution in [0.15, 0.2) is 18.2 Å². The van der Waals surface area contributed by atoms with Crippen molar-refractivity contribution in [2.75, 3.05) is 7.11 Å². The van der Waals surface area contributed by atoms with Crippen LogP contribution in [0.4, 0.5) is 4.39 Å². The number of rotatable bonds is 3. The fourth-order valence-corrected chi connectivity index (χ4v) is 1.99. The van der Waals surface area contributed by atoms with E-state index in [0.29, 0.717) is 16.5 Å². The molecule has 3 nitrogen and oxygen atoms in total. The van der Waals surface area contributed by atoms with Crippen LogP contribution in [0.5, 0.6) is 5.75 Å². The normalized spacial score (nSPS) is 10.6. The molecule has 0 aliphatic carbocycles. The highest BCUT2D eigenvalue weighted by atomic mass is 35.5. The third-order valence-corrected chi connectivity index (χ3v) is 3.30. The molecule has 0 spiro atoms. The fourth-order valence-electron chi connectivity index (χ4n) is 1.80. The van der Waals surface area contributed by atoms with Gasteiger partial charge in [-0.05, 0) is 31.5 Å². The molecule has 0 fully saturated rings. The number of nitrogens with zero attached hydrogens (tertiary/aromatic N) is 2. The van der Waals surface area contributed by atoms with E-state index in [4.69, 9.17) is 16.3 Å². The second-order valence-corrected chi connectivity index (χ2v) is 4.47. The molecular weight excluding hydrogens is 267 g/mol. The largest absolute Gasteiger partial charge is 0.494 e. The number of halogens is 2. The van der Waals surface area contributed by atoms with Crippen LogP contribution in [0.3, 0.4) is 0 Å². The maximum Gasteiger partial charge on any atom is 0.165 e. The molecule has 5 heteroatoms. The predicted octanol–water partition coefficient (Wildman–Crippen LogP) is 3.82. The van der Waals surface area contributed by atoms with Crippen LogP contribution in [0.25, 0.3) is 11.4 Å². The third-order valence-electron chi connectivity index (χ3n) is 2.93. The smallest absolute Gasteiger partial charge is 0.165 e. The molecule has 1 aromatic carbocycles. The van der Waals surface area contributed by atoms with Crippen LogP contribution < -0.4 is 4.74 Å².